The van der Waals surface area contributed by atoms with E-state index in [1.54, 1.807) is 0 Å². The van der Waals surface area contributed by atoms with Gasteiger partial charge in [-0.2, -0.15) is 0 Å². The van der Waals surface area contributed by atoms with E-state index < -0.39 is 10.7 Å². The van der Waals surface area contributed by atoms with Gasteiger partial charge in [0.25, 0.3) is 0 Å². The zero-order valence-electron chi connectivity index (χ0n) is 5.60. The fourth-order valence-corrected chi connectivity index (χ4v) is 1.31. The molecule has 0 saturated heterocycles. The van der Waals surface area contributed by atoms with Gasteiger partial charge in [-0.3, -0.25) is 4.78 Å². The van der Waals surface area contributed by atoms with Gasteiger partial charge < -0.3 is 0 Å². The molecule has 0 saturated carbocycles. The highest BCUT2D eigenvalue weighted by Gasteiger charge is 1.91. The number of benzene rings is 1. The Morgan fingerprint density at radius 2 is 1.80 bits per heavy atom. The summed E-state index contributed by atoms with van der Waals surface area (Å²) in [4.78, 5) is 1.03. The van der Waals surface area contributed by atoms with Gasteiger partial charge in [0.15, 0.2) is 0 Å². The number of rotatable bonds is 1. The van der Waals surface area contributed by atoms with Crippen molar-refractivity contribution in [1.82, 2.24) is 0 Å². The van der Waals surface area contributed by atoms with Gasteiger partial charge in [0, 0.05) is 9.92 Å². The Kier molecular flexibility index (Phi) is 2.46. The van der Waals surface area contributed by atoms with Crippen LogP contribution in [0.5, 0.6) is 0 Å². The van der Waals surface area contributed by atoms with Crippen LogP contribution in [0.25, 0.3) is 0 Å². The van der Waals surface area contributed by atoms with Crippen molar-refractivity contribution in [3.63, 3.8) is 0 Å². The third-order valence-corrected chi connectivity index (χ3v) is 2.40. The van der Waals surface area contributed by atoms with Crippen molar-refractivity contribution in [2.24, 2.45) is 0 Å². The first kappa shape index (κ1) is 7.76. The van der Waals surface area contributed by atoms with Crippen LogP contribution in [0, 0.1) is 4.78 Å². The Balaban J connectivity index is 3.00. The van der Waals surface area contributed by atoms with E-state index in [2.05, 4.69) is 0 Å². The molecular weight excluding hydrogens is 166 g/mol. The van der Waals surface area contributed by atoms with E-state index in [-0.39, 0.29) is 0 Å². The minimum atomic E-state index is -0.396. The highest BCUT2D eigenvalue weighted by molar-refractivity contribution is 7.85. The van der Waals surface area contributed by atoms with E-state index in [4.69, 9.17) is 16.4 Å². The third kappa shape index (κ3) is 1.82. The van der Waals surface area contributed by atoms with Crippen LogP contribution >= 0.6 is 11.6 Å². The molecule has 0 fully saturated rings. The Morgan fingerprint density at radius 3 is 2.20 bits per heavy atom. The van der Waals surface area contributed by atoms with Gasteiger partial charge in [0.2, 0.25) is 0 Å². The summed E-state index contributed by atoms with van der Waals surface area (Å²) >= 11 is 5.66. The van der Waals surface area contributed by atoms with Crippen molar-refractivity contribution in [1.29, 1.82) is 4.78 Å². The molecule has 1 N–H and O–H groups in total. The molecular formula is C7H8ClNS. The van der Waals surface area contributed by atoms with Crippen LogP contribution in [0.2, 0.25) is 5.02 Å². The molecule has 1 rings (SSSR count). The molecule has 0 aliphatic heterocycles. The predicted molar refractivity (Wildman–Crippen MR) is 45.7 cm³/mol. The van der Waals surface area contributed by atoms with Crippen molar-refractivity contribution in [2.45, 2.75) is 4.90 Å². The molecule has 3 heteroatoms. The SMILES string of the molecule is CS(=N)c1ccc(Cl)cc1. The lowest BCUT2D eigenvalue weighted by molar-refractivity contribution is 1.43. The number of halogens is 1. The fraction of sp³-hybridized carbons (Fsp3) is 0.143. The second kappa shape index (κ2) is 3.17. The van der Waals surface area contributed by atoms with Crippen LogP contribution in [0.1, 0.15) is 0 Å². The molecule has 1 atom stereocenters. The predicted octanol–water partition coefficient (Wildman–Crippen LogP) is 2.71. The topological polar surface area (TPSA) is 23.9 Å². The smallest absolute Gasteiger partial charge is 0.0406 e. The molecule has 1 unspecified atom stereocenters. The first-order valence-corrected chi connectivity index (χ1v) is 4.84. The fourth-order valence-electron chi connectivity index (χ4n) is 0.639. The minimum Gasteiger partial charge on any atom is -0.276 e. The minimum absolute atomic E-state index is 0.396. The van der Waals surface area contributed by atoms with Crippen molar-refractivity contribution < 1.29 is 0 Å². The van der Waals surface area contributed by atoms with Gasteiger partial charge >= 0.3 is 0 Å². The Morgan fingerprint density at radius 1 is 1.30 bits per heavy atom. The van der Waals surface area contributed by atoms with Gasteiger partial charge in [-0.25, -0.2) is 0 Å². The second-order valence-corrected chi connectivity index (χ2v) is 3.89. The number of nitrogens with one attached hydrogen (secondary N) is 1. The summed E-state index contributed by atoms with van der Waals surface area (Å²) in [6.07, 6.45) is 1.86. The van der Waals surface area contributed by atoms with Gasteiger partial charge in [-0.05, 0) is 30.5 Å². The molecule has 0 bridgehead atoms. The average molecular weight is 174 g/mol. The zero-order chi connectivity index (χ0) is 7.56. The summed E-state index contributed by atoms with van der Waals surface area (Å²) < 4.78 is 7.37. The third-order valence-electron chi connectivity index (χ3n) is 1.17. The lowest BCUT2D eigenvalue weighted by Crippen LogP contribution is -1.82. The quantitative estimate of drug-likeness (QED) is 0.676. The number of hydrogen-bond acceptors (Lipinski definition) is 1. The van der Waals surface area contributed by atoms with Crippen LogP contribution in [0.15, 0.2) is 29.2 Å². The van der Waals surface area contributed by atoms with E-state index in [1.165, 1.54) is 0 Å². The maximum atomic E-state index is 7.37. The monoisotopic (exact) mass is 173 g/mol. The molecule has 0 aromatic heterocycles. The molecule has 1 nitrogen and oxygen atoms in total. The van der Waals surface area contributed by atoms with Crippen LogP contribution in [0.4, 0.5) is 0 Å². The normalized spacial score (nSPS) is 13.0. The molecule has 10 heavy (non-hydrogen) atoms. The summed E-state index contributed by atoms with van der Waals surface area (Å²) in [6, 6.07) is 7.40. The van der Waals surface area contributed by atoms with Gasteiger partial charge in [-0.15, -0.1) is 0 Å². The molecule has 1 aromatic carbocycles. The molecule has 0 amide bonds. The maximum absolute atomic E-state index is 7.37. The Bertz CT molecular complexity index is 242. The molecule has 1 aromatic rings. The zero-order valence-corrected chi connectivity index (χ0v) is 7.17. The van der Waals surface area contributed by atoms with Crippen LogP contribution < -0.4 is 0 Å². The molecule has 54 valence electrons. The van der Waals surface area contributed by atoms with Crippen molar-refractivity contribution in [3.8, 4) is 0 Å². The molecule has 0 aliphatic rings. The summed E-state index contributed by atoms with van der Waals surface area (Å²) in [6.45, 7) is 0. The number of hydrogen-bond donors (Lipinski definition) is 1. The summed E-state index contributed by atoms with van der Waals surface area (Å²) in [5.74, 6) is 0. The summed E-state index contributed by atoms with van der Waals surface area (Å²) in [5, 5.41) is 0.731. The van der Waals surface area contributed by atoms with Crippen molar-refractivity contribution in [2.75, 3.05) is 6.26 Å². The summed E-state index contributed by atoms with van der Waals surface area (Å²) in [5.41, 5.74) is 0. The van der Waals surface area contributed by atoms with Gasteiger partial charge in [-0.1, -0.05) is 22.3 Å². The van der Waals surface area contributed by atoms with E-state index in [0.29, 0.717) is 0 Å². The average Bonchev–Trinajstić information content (AvgIpc) is 1.88. The van der Waals surface area contributed by atoms with E-state index in [9.17, 15) is 0 Å². The molecule has 0 aliphatic carbocycles. The largest absolute Gasteiger partial charge is 0.276 e. The van der Waals surface area contributed by atoms with Crippen LogP contribution in [-0.2, 0) is 10.7 Å². The highest BCUT2D eigenvalue weighted by atomic mass is 35.5. The van der Waals surface area contributed by atoms with E-state index in [0.717, 1.165) is 9.92 Å². The molecule has 0 spiro atoms. The highest BCUT2D eigenvalue weighted by Crippen LogP contribution is 2.11. The van der Waals surface area contributed by atoms with Crippen molar-refractivity contribution in [3.05, 3.63) is 29.3 Å². The Labute approximate surface area is 67.9 Å². The maximum Gasteiger partial charge on any atom is 0.0406 e. The van der Waals surface area contributed by atoms with Gasteiger partial charge in [0.05, 0.1) is 0 Å². The van der Waals surface area contributed by atoms with Gasteiger partial charge in [0.1, 0.15) is 0 Å². The van der Waals surface area contributed by atoms with Crippen molar-refractivity contribution >= 4 is 22.3 Å². The van der Waals surface area contributed by atoms with Crippen LogP contribution in [0.3, 0.4) is 0 Å². The van der Waals surface area contributed by atoms with E-state index >= 15 is 0 Å². The molecule has 0 radical (unpaired) electrons. The first-order chi connectivity index (χ1) is 4.70. The lowest BCUT2D eigenvalue weighted by atomic mass is 10.4. The summed E-state index contributed by atoms with van der Waals surface area (Å²) in [7, 11) is -0.396. The lowest BCUT2D eigenvalue weighted by Gasteiger charge is -1.96. The van der Waals surface area contributed by atoms with E-state index in [1.807, 2.05) is 30.5 Å². The Hall–Kier alpha value is -0.340. The van der Waals surface area contributed by atoms with Crippen LogP contribution in [-0.4, -0.2) is 6.26 Å². The standard InChI is InChI=1S/C7H8ClNS/c1-10(9)7-4-2-6(8)3-5-7/h2-5,9H,1H3. The second-order valence-electron chi connectivity index (χ2n) is 1.96. The first-order valence-electron chi connectivity index (χ1n) is 2.83. The molecule has 0 heterocycles.